The van der Waals surface area contributed by atoms with Gasteiger partial charge in [0.25, 0.3) is 0 Å². The van der Waals surface area contributed by atoms with Crippen molar-refractivity contribution in [1.82, 2.24) is 5.32 Å². The van der Waals surface area contributed by atoms with Gasteiger partial charge in [0.05, 0.1) is 5.92 Å². The minimum atomic E-state index is -0.428. The third-order valence-corrected chi connectivity index (χ3v) is 2.60. The molecule has 84 valence electrons. The first-order valence-electron chi connectivity index (χ1n) is 4.91. The minimum Gasteiger partial charge on any atom is -0.508 e. The zero-order valence-corrected chi connectivity index (χ0v) is 8.43. The molecular weight excluding hydrogens is 210 g/mol. The van der Waals surface area contributed by atoms with Crippen molar-refractivity contribution in [2.24, 2.45) is 5.92 Å². The van der Waals surface area contributed by atoms with E-state index in [9.17, 15) is 14.7 Å². The molecule has 16 heavy (non-hydrogen) atoms. The van der Waals surface area contributed by atoms with Crippen molar-refractivity contribution >= 4 is 11.8 Å². The van der Waals surface area contributed by atoms with Crippen LogP contribution in [0, 0.1) is 5.92 Å². The van der Waals surface area contributed by atoms with Crippen LogP contribution < -0.4 is 5.32 Å². The van der Waals surface area contributed by atoms with Crippen LogP contribution >= 0.6 is 0 Å². The lowest BCUT2D eigenvalue weighted by Crippen LogP contribution is -2.22. The number of benzene rings is 1. The van der Waals surface area contributed by atoms with Crippen LogP contribution in [-0.4, -0.2) is 22.0 Å². The van der Waals surface area contributed by atoms with Gasteiger partial charge in [-0.3, -0.25) is 14.9 Å². The van der Waals surface area contributed by atoms with Crippen molar-refractivity contribution in [3.05, 3.63) is 23.8 Å². The number of amides is 2. The van der Waals surface area contributed by atoms with Crippen LogP contribution in [0.4, 0.5) is 0 Å². The first-order valence-corrected chi connectivity index (χ1v) is 4.91. The quantitative estimate of drug-likeness (QED) is 0.627. The smallest absolute Gasteiger partial charge is 0.230 e. The average Bonchev–Trinajstić information content (AvgIpc) is 2.50. The molecule has 3 N–H and O–H groups in total. The monoisotopic (exact) mass is 221 g/mol. The molecule has 0 radical (unpaired) electrons. The molecule has 1 unspecified atom stereocenters. The predicted octanol–water partition coefficient (Wildman–Crippen LogP) is 0.303. The zero-order valence-electron chi connectivity index (χ0n) is 8.43. The number of nitrogens with one attached hydrogen (secondary N) is 1. The summed E-state index contributed by atoms with van der Waals surface area (Å²) in [5, 5.41) is 20.8. The maximum atomic E-state index is 11.3. The lowest BCUT2D eigenvalue weighted by molar-refractivity contribution is -0.125. The molecule has 0 bridgehead atoms. The van der Waals surface area contributed by atoms with Gasteiger partial charge in [-0.2, -0.15) is 0 Å². The second-order valence-corrected chi connectivity index (χ2v) is 3.83. The number of carbonyl (C=O) groups is 2. The number of hydrogen-bond acceptors (Lipinski definition) is 4. The van der Waals surface area contributed by atoms with Gasteiger partial charge in [-0.15, -0.1) is 0 Å². The largest absolute Gasteiger partial charge is 0.508 e. The van der Waals surface area contributed by atoms with E-state index < -0.39 is 5.92 Å². The third kappa shape index (κ3) is 1.98. The van der Waals surface area contributed by atoms with Crippen LogP contribution in [0.3, 0.4) is 0 Å². The highest BCUT2D eigenvalue weighted by atomic mass is 16.3. The normalized spacial score (nSPS) is 19.9. The Morgan fingerprint density at radius 3 is 2.62 bits per heavy atom. The van der Waals surface area contributed by atoms with E-state index >= 15 is 0 Å². The van der Waals surface area contributed by atoms with Crippen molar-refractivity contribution in [2.45, 2.75) is 12.8 Å². The summed E-state index contributed by atoms with van der Waals surface area (Å²) in [6.07, 6.45) is 0.447. The number of hydrogen-bond donors (Lipinski definition) is 3. The van der Waals surface area contributed by atoms with E-state index in [0.717, 1.165) is 0 Å². The second kappa shape index (κ2) is 3.84. The van der Waals surface area contributed by atoms with E-state index in [1.165, 1.54) is 12.1 Å². The lowest BCUT2D eigenvalue weighted by Gasteiger charge is -2.08. The molecule has 1 aromatic carbocycles. The van der Waals surface area contributed by atoms with Gasteiger partial charge >= 0.3 is 0 Å². The fourth-order valence-corrected chi connectivity index (χ4v) is 1.76. The van der Waals surface area contributed by atoms with Gasteiger partial charge in [0.2, 0.25) is 11.8 Å². The van der Waals surface area contributed by atoms with Gasteiger partial charge in [-0.1, -0.05) is 6.07 Å². The molecule has 5 nitrogen and oxygen atoms in total. The first kappa shape index (κ1) is 10.5. The summed E-state index contributed by atoms with van der Waals surface area (Å²) in [4.78, 5) is 22.3. The summed E-state index contributed by atoms with van der Waals surface area (Å²) in [7, 11) is 0. The number of phenols is 2. The molecule has 1 aliphatic heterocycles. The fraction of sp³-hybridized carbons (Fsp3) is 0.273. The van der Waals surface area contributed by atoms with Gasteiger partial charge in [-0.05, 0) is 18.1 Å². The maximum absolute atomic E-state index is 11.3. The molecule has 0 spiro atoms. The number of carbonyl (C=O) groups excluding carboxylic acids is 2. The SMILES string of the molecule is O=C1CC(Cc2ccc(O)cc2O)C(=O)N1. The molecule has 2 rings (SSSR count). The summed E-state index contributed by atoms with van der Waals surface area (Å²) < 4.78 is 0. The third-order valence-electron chi connectivity index (χ3n) is 2.60. The van der Waals surface area contributed by atoms with Crippen LogP contribution in [0.1, 0.15) is 12.0 Å². The summed E-state index contributed by atoms with van der Waals surface area (Å²) in [5.74, 6) is -1.12. The van der Waals surface area contributed by atoms with E-state index in [0.29, 0.717) is 12.0 Å². The van der Waals surface area contributed by atoms with Gasteiger partial charge in [0.15, 0.2) is 0 Å². The van der Waals surface area contributed by atoms with Crippen molar-refractivity contribution in [1.29, 1.82) is 0 Å². The van der Waals surface area contributed by atoms with E-state index in [1.807, 2.05) is 0 Å². The number of rotatable bonds is 2. The summed E-state index contributed by atoms with van der Waals surface area (Å²) in [5.41, 5.74) is 0.549. The highest BCUT2D eigenvalue weighted by Gasteiger charge is 2.30. The molecule has 0 saturated carbocycles. The van der Waals surface area contributed by atoms with Crippen molar-refractivity contribution in [3.63, 3.8) is 0 Å². The molecule has 2 amide bonds. The molecule has 1 aliphatic rings. The van der Waals surface area contributed by atoms with E-state index in [2.05, 4.69) is 5.32 Å². The fourth-order valence-electron chi connectivity index (χ4n) is 1.76. The molecule has 1 fully saturated rings. The predicted molar refractivity (Wildman–Crippen MR) is 54.7 cm³/mol. The van der Waals surface area contributed by atoms with E-state index in [4.69, 9.17) is 5.11 Å². The minimum absolute atomic E-state index is 0.0341. The van der Waals surface area contributed by atoms with Crippen LogP contribution in [0.15, 0.2) is 18.2 Å². The number of imide groups is 1. The Kier molecular flexibility index (Phi) is 2.52. The second-order valence-electron chi connectivity index (χ2n) is 3.83. The maximum Gasteiger partial charge on any atom is 0.230 e. The van der Waals surface area contributed by atoms with Crippen molar-refractivity contribution < 1.29 is 19.8 Å². The summed E-state index contributed by atoms with van der Waals surface area (Å²) in [6, 6.07) is 4.19. The van der Waals surface area contributed by atoms with Crippen molar-refractivity contribution in [3.8, 4) is 11.5 Å². The van der Waals surface area contributed by atoms with E-state index in [-0.39, 0.29) is 29.7 Å². The van der Waals surface area contributed by atoms with Crippen LogP contribution in [-0.2, 0) is 16.0 Å². The Labute approximate surface area is 91.7 Å². The van der Waals surface area contributed by atoms with Crippen LogP contribution in [0.25, 0.3) is 0 Å². The molecule has 0 aliphatic carbocycles. The molecule has 1 saturated heterocycles. The Balaban J connectivity index is 2.15. The average molecular weight is 221 g/mol. The van der Waals surface area contributed by atoms with Gasteiger partial charge in [0.1, 0.15) is 11.5 Å². The molecule has 0 aromatic heterocycles. The van der Waals surface area contributed by atoms with Crippen molar-refractivity contribution in [2.75, 3.05) is 0 Å². The van der Waals surface area contributed by atoms with Gasteiger partial charge < -0.3 is 10.2 Å². The van der Waals surface area contributed by atoms with Gasteiger partial charge in [0, 0.05) is 12.5 Å². The number of phenolic OH excluding ortho intramolecular Hbond substituents is 2. The molecular formula is C11H11NO4. The number of aromatic hydroxyl groups is 2. The van der Waals surface area contributed by atoms with E-state index in [1.54, 1.807) is 6.07 Å². The summed E-state index contributed by atoms with van der Waals surface area (Å²) in [6.45, 7) is 0. The summed E-state index contributed by atoms with van der Waals surface area (Å²) >= 11 is 0. The van der Waals surface area contributed by atoms with Crippen LogP contribution in [0.5, 0.6) is 11.5 Å². The Hall–Kier alpha value is -2.04. The highest BCUT2D eigenvalue weighted by Crippen LogP contribution is 2.27. The highest BCUT2D eigenvalue weighted by molar-refractivity contribution is 6.03. The first-order chi connectivity index (χ1) is 7.56. The molecule has 5 heteroatoms. The molecule has 1 heterocycles. The standard InChI is InChI=1S/C11H11NO4/c13-8-2-1-6(9(14)5-8)3-7-4-10(15)12-11(7)16/h1-2,5,7,13-14H,3-4H2,(H,12,15,16). The van der Waals surface area contributed by atoms with Gasteiger partial charge in [-0.25, -0.2) is 0 Å². The topological polar surface area (TPSA) is 86.6 Å². The molecule has 1 aromatic rings. The lowest BCUT2D eigenvalue weighted by atomic mass is 9.97. The Bertz CT molecular complexity index is 455. The Morgan fingerprint density at radius 2 is 2.06 bits per heavy atom. The zero-order chi connectivity index (χ0) is 11.7. The van der Waals surface area contributed by atoms with Crippen LogP contribution in [0.2, 0.25) is 0 Å². The molecule has 1 atom stereocenters. The Morgan fingerprint density at radius 1 is 1.31 bits per heavy atom.